The SMILES string of the molecule is CN(C)CC(=O)N(CCCCc1cc(Cl)c(COC2(c3cnccc3-c3ccccc3OC3CC3)CC2)cc1Cl)C[C@H](O)[C@@H](O)[C@H](O)[C@H](O)CO. The van der Waals surface area contributed by atoms with Crippen LogP contribution in [0.4, 0.5) is 0 Å². The van der Waals surface area contributed by atoms with E-state index in [1.165, 1.54) is 4.90 Å². The highest BCUT2D eigenvalue weighted by Gasteiger charge is 2.48. The van der Waals surface area contributed by atoms with Crippen LogP contribution in [0.1, 0.15) is 55.2 Å². The van der Waals surface area contributed by atoms with E-state index in [4.69, 9.17) is 37.8 Å². The molecule has 0 radical (unpaired) electrons. The molecule has 4 atom stereocenters. The molecule has 3 aromatic rings. The molecule has 278 valence electrons. The van der Waals surface area contributed by atoms with Crippen molar-refractivity contribution in [2.75, 3.05) is 40.3 Å². The maximum Gasteiger partial charge on any atom is 0.236 e. The molecular weight excluding hydrogens is 697 g/mol. The van der Waals surface area contributed by atoms with Gasteiger partial charge in [-0.25, -0.2) is 0 Å². The summed E-state index contributed by atoms with van der Waals surface area (Å²) in [6.07, 6.45) is 2.95. The first-order valence-corrected chi connectivity index (χ1v) is 18.2. The van der Waals surface area contributed by atoms with Crippen molar-refractivity contribution in [3.8, 4) is 16.9 Å². The smallest absolute Gasteiger partial charge is 0.236 e. The van der Waals surface area contributed by atoms with Gasteiger partial charge in [0.15, 0.2) is 0 Å². The Morgan fingerprint density at radius 1 is 0.961 bits per heavy atom. The predicted molar refractivity (Wildman–Crippen MR) is 195 cm³/mol. The van der Waals surface area contributed by atoms with Crippen LogP contribution in [0.15, 0.2) is 54.9 Å². The summed E-state index contributed by atoms with van der Waals surface area (Å²) in [5.41, 5.74) is 4.25. The average Bonchev–Trinajstić information content (AvgIpc) is 4.06. The molecule has 5 N–H and O–H groups in total. The molecule has 0 saturated heterocycles. The normalized spacial score (nSPS) is 17.5. The molecule has 0 aliphatic heterocycles. The summed E-state index contributed by atoms with van der Waals surface area (Å²) < 4.78 is 12.8. The van der Waals surface area contributed by atoms with Gasteiger partial charge in [-0.05, 0) is 100.0 Å². The van der Waals surface area contributed by atoms with E-state index in [1.54, 1.807) is 25.2 Å². The van der Waals surface area contributed by atoms with E-state index in [1.807, 2.05) is 42.6 Å². The number of aromatic nitrogens is 1. The molecule has 13 heteroatoms. The van der Waals surface area contributed by atoms with E-state index < -0.39 is 36.6 Å². The summed E-state index contributed by atoms with van der Waals surface area (Å²) >= 11 is 13.5. The first-order valence-electron chi connectivity index (χ1n) is 17.5. The Balaban J connectivity index is 1.19. The fourth-order valence-electron chi connectivity index (χ4n) is 6.11. The van der Waals surface area contributed by atoms with E-state index in [0.29, 0.717) is 29.3 Å². The topological polar surface area (TPSA) is 156 Å². The number of para-hydroxylation sites is 1. The summed E-state index contributed by atoms with van der Waals surface area (Å²) in [7, 11) is 3.49. The zero-order valence-electron chi connectivity index (χ0n) is 29.1. The Kier molecular flexibility index (Phi) is 13.7. The van der Waals surface area contributed by atoms with Crippen LogP contribution in [0.3, 0.4) is 0 Å². The van der Waals surface area contributed by atoms with Crippen LogP contribution < -0.4 is 4.74 Å². The van der Waals surface area contributed by atoms with Gasteiger partial charge < -0.3 is 44.8 Å². The maximum atomic E-state index is 12.9. The van der Waals surface area contributed by atoms with E-state index in [-0.39, 0.29) is 38.3 Å². The second-order valence-electron chi connectivity index (χ2n) is 13.9. The van der Waals surface area contributed by atoms with Gasteiger partial charge in [-0.15, -0.1) is 0 Å². The maximum absolute atomic E-state index is 12.9. The van der Waals surface area contributed by atoms with Crippen molar-refractivity contribution in [3.05, 3.63) is 81.6 Å². The van der Waals surface area contributed by atoms with E-state index >= 15 is 0 Å². The largest absolute Gasteiger partial charge is 0.490 e. The van der Waals surface area contributed by atoms with Crippen LogP contribution in [0.5, 0.6) is 5.75 Å². The summed E-state index contributed by atoms with van der Waals surface area (Å²) in [4.78, 5) is 20.5. The Hall–Kier alpha value is -2.84. The highest BCUT2D eigenvalue weighted by molar-refractivity contribution is 6.34. The van der Waals surface area contributed by atoms with E-state index in [2.05, 4.69) is 11.1 Å². The minimum Gasteiger partial charge on any atom is -0.490 e. The summed E-state index contributed by atoms with van der Waals surface area (Å²) in [5, 5.41) is 50.6. The molecule has 0 spiro atoms. The number of nitrogens with zero attached hydrogens (tertiary/aromatic N) is 3. The van der Waals surface area contributed by atoms with Crippen molar-refractivity contribution in [1.82, 2.24) is 14.8 Å². The number of hydrogen-bond acceptors (Lipinski definition) is 10. The summed E-state index contributed by atoms with van der Waals surface area (Å²) in [6, 6.07) is 13.8. The molecular formula is C38H49Cl2N3O8. The number of rotatable bonds is 20. The number of aliphatic hydroxyl groups is 5. The first kappa shape index (κ1) is 39.4. The van der Waals surface area contributed by atoms with Crippen LogP contribution in [0.25, 0.3) is 11.1 Å². The second-order valence-corrected chi connectivity index (χ2v) is 14.7. The van der Waals surface area contributed by atoms with Crippen LogP contribution in [0.2, 0.25) is 10.0 Å². The average molecular weight is 747 g/mol. The number of hydrogen-bond donors (Lipinski definition) is 5. The van der Waals surface area contributed by atoms with Gasteiger partial charge in [0.1, 0.15) is 30.2 Å². The quantitative estimate of drug-likeness (QED) is 0.107. The fourth-order valence-corrected chi connectivity index (χ4v) is 6.63. The number of benzene rings is 2. The first-order chi connectivity index (χ1) is 24.4. The van der Waals surface area contributed by atoms with E-state index in [0.717, 1.165) is 59.3 Å². The number of aliphatic hydroxyl groups excluding tert-OH is 5. The highest BCUT2D eigenvalue weighted by Crippen LogP contribution is 2.53. The number of halogens is 2. The van der Waals surface area contributed by atoms with Gasteiger partial charge in [0.05, 0.1) is 31.5 Å². The third-order valence-corrected chi connectivity index (χ3v) is 10.1. The summed E-state index contributed by atoms with van der Waals surface area (Å²) in [6.45, 7) is -0.404. The van der Waals surface area contributed by atoms with Crippen molar-refractivity contribution >= 4 is 29.1 Å². The van der Waals surface area contributed by atoms with Gasteiger partial charge in [0.2, 0.25) is 5.91 Å². The third-order valence-electron chi connectivity index (χ3n) is 9.39. The van der Waals surface area contributed by atoms with Crippen LogP contribution in [-0.2, 0) is 28.2 Å². The molecule has 2 saturated carbocycles. The molecule has 1 heterocycles. The monoisotopic (exact) mass is 745 g/mol. The number of unbranched alkanes of at least 4 members (excludes halogenated alkanes) is 1. The Morgan fingerprint density at radius 2 is 1.65 bits per heavy atom. The van der Waals surface area contributed by atoms with Gasteiger partial charge >= 0.3 is 0 Å². The number of carbonyl (C=O) groups excluding carboxylic acids is 1. The van der Waals surface area contributed by atoms with Crippen molar-refractivity contribution in [2.45, 2.75) is 87.7 Å². The third kappa shape index (κ3) is 10.4. The van der Waals surface area contributed by atoms with Crippen LogP contribution in [-0.4, -0.2) is 117 Å². The number of amides is 1. The molecule has 11 nitrogen and oxygen atoms in total. The Labute approximate surface area is 309 Å². The number of ether oxygens (including phenoxy) is 2. The fraction of sp³-hybridized carbons (Fsp3) is 0.526. The van der Waals surface area contributed by atoms with Gasteiger partial charge in [-0.2, -0.15) is 0 Å². The molecule has 5 rings (SSSR count). The number of carbonyl (C=O) groups is 1. The molecule has 2 fully saturated rings. The highest BCUT2D eigenvalue weighted by atomic mass is 35.5. The van der Waals surface area contributed by atoms with Crippen LogP contribution in [0, 0.1) is 0 Å². The second kappa shape index (κ2) is 17.8. The molecule has 1 amide bonds. The minimum atomic E-state index is -1.77. The predicted octanol–water partition coefficient (Wildman–Crippen LogP) is 3.95. The van der Waals surface area contributed by atoms with Gasteiger partial charge in [-0.3, -0.25) is 9.78 Å². The number of aryl methyl sites for hydroxylation is 1. The van der Waals surface area contributed by atoms with Gasteiger partial charge in [0, 0.05) is 46.7 Å². The summed E-state index contributed by atoms with van der Waals surface area (Å²) in [5.74, 6) is 0.601. The standard InChI is InChI=1S/C38H49Cl2N3O8/c1-42(2)21-35(47)43(20-32(45)36(48)37(49)33(46)22-44)16-6-5-7-24-17-31(40)25(18-30(24)39)23-50-38(13-14-38)29-19-41-15-12-27(29)28-8-3-4-9-34(28)51-26-10-11-26/h3-4,8-9,12,15,17-19,26,32-33,36-37,44-46,48-49H,5-7,10-11,13-14,16,20-23H2,1-2H3/t32-,33+,36+,37+/m0/s1. The molecule has 2 aromatic carbocycles. The molecule has 51 heavy (non-hydrogen) atoms. The minimum absolute atomic E-state index is 0.0844. The molecule has 0 unspecified atom stereocenters. The molecule has 2 aliphatic rings. The lowest BCUT2D eigenvalue weighted by Gasteiger charge is -2.31. The zero-order chi connectivity index (χ0) is 36.7. The van der Waals surface area contributed by atoms with E-state index in [9.17, 15) is 25.2 Å². The van der Waals surface area contributed by atoms with Crippen molar-refractivity contribution < 1.29 is 39.8 Å². The Bertz CT molecular complexity index is 1620. The molecule has 0 bridgehead atoms. The van der Waals surface area contributed by atoms with Gasteiger partial charge in [-0.1, -0.05) is 41.4 Å². The van der Waals surface area contributed by atoms with Crippen LogP contribution >= 0.6 is 23.2 Å². The number of likely N-dealkylation sites (N-methyl/N-ethyl adjacent to an activating group) is 1. The van der Waals surface area contributed by atoms with Crippen molar-refractivity contribution in [3.63, 3.8) is 0 Å². The van der Waals surface area contributed by atoms with Crippen molar-refractivity contribution in [1.29, 1.82) is 0 Å². The van der Waals surface area contributed by atoms with Gasteiger partial charge in [0.25, 0.3) is 0 Å². The lowest BCUT2D eigenvalue weighted by molar-refractivity contribution is -0.140. The lowest BCUT2D eigenvalue weighted by Crippen LogP contribution is -2.51. The lowest BCUT2D eigenvalue weighted by atomic mass is 9.96. The number of pyridine rings is 1. The zero-order valence-corrected chi connectivity index (χ0v) is 30.6. The molecule has 2 aliphatic carbocycles. The molecule has 1 aromatic heterocycles. The Morgan fingerprint density at radius 3 is 2.33 bits per heavy atom. The van der Waals surface area contributed by atoms with Crippen molar-refractivity contribution in [2.24, 2.45) is 0 Å².